The van der Waals surface area contributed by atoms with Crippen LogP contribution in [0.1, 0.15) is 54.3 Å². The summed E-state index contributed by atoms with van der Waals surface area (Å²) in [5, 5.41) is 8.98. The van der Waals surface area contributed by atoms with Crippen molar-refractivity contribution in [2.75, 3.05) is 13.1 Å². The molecule has 4 nitrogen and oxygen atoms in total. The van der Waals surface area contributed by atoms with Crippen LogP contribution in [0.2, 0.25) is 0 Å². The van der Waals surface area contributed by atoms with Crippen molar-refractivity contribution in [3.05, 3.63) is 35.4 Å². The Balaban J connectivity index is 2.90. The van der Waals surface area contributed by atoms with E-state index >= 15 is 0 Å². The lowest BCUT2D eigenvalue weighted by atomic mass is 10.0. The lowest BCUT2D eigenvalue weighted by Crippen LogP contribution is -2.35. The maximum Gasteiger partial charge on any atom is 0.335 e. The van der Waals surface area contributed by atoms with Crippen LogP contribution in [0.4, 0.5) is 0 Å². The van der Waals surface area contributed by atoms with Crippen molar-refractivity contribution >= 4 is 11.9 Å². The Morgan fingerprint density at radius 2 is 1.75 bits per heavy atom. The molecule has 1 rings (SSSR count). The summed E-state index contributed by atoms with van der Waals surface area (Å²) in [4.78, 5) is 25.2. The summed E-state index contributed by atoms with van der Waals surface area (Å²) < 4.78 is 0. The first-order chi connectivity index (χ1) is 9.53. The van der Waals surface area contributed by atoms with Crippen molar-refractivity contribution in [1.82, 2.24) is 4.90 Å². The highest BCUT2D eigenvalue weighted by molar-refractivity contribution is 5.97. The number of benzene rings is 1. The summed E-state index contributed by atoms with van der Waals surface area (Å²) in [6, 6.07) is 6.22. The standard InChI is InChI=1S/C16H23NO3/c1-4-12(5-2)11-17(6-3)15(18)13-8-7-9-14(10-13)16(19)20/h7-10,12H,4-6,11H2,1-3H3,(H,19,20). The molecule has 0 fully saturated rings. The van der Waals surface area contributed by atoms with Crippen molar-refractivity contribution in [3.63, 3.8) is 0 Å². The smallest absolute Gasteiger partial charge is 0.335 e. The topological polar surface area (TPSA) is 57.6 Å². The summed E-state index contributed by atoms with van der Waals surface area (Å²) in [6.45, 7) is 7.54. The van der Waals surface area contributed by atoms with E-state index in [-0.39, 0.29) is 11.5 Å². The zero-order chi connectivity index (χ0) is 15.1. The lowest BCUT2D eigenvalue weighted by molar-refractivity contribution is 0.0697. The number of carboxylic acids is 1. The van der Waals surface area contributed by atoms with Crippen LogP contribution in [0.15, 0.2) is 24.3 Å². The lowest BCUT2D eigenvalue weighted by Gasteiger charge is -2.25. The minimum Gasteiger partial charge on any atom is -0.478 e. The van der Waals surface area contributed by atoms with Crippen molar-refractivity contribution in [3.8, 4) is 0 Å². The molecule has 0 aliphatic heterocycles. The molecule has 1 aromatic carbocycles. The molecule has 0 bridgehead atoms. The molecule has 4 heteroatoms. The number of aromatic carboxylic acids is 1. The minimum atomic E-state index is -1.01. The first-order valence-electron chi connectivity index (χ1n) is 7.16. The van der Waals surface area contributed by atoms with Gasteiger partial charge in [-0.2, -0.15) is 0 Å². The highest BCUT2D eigenvalue weighted by Crippen LogP contribution is 2.14. The number of hydrogen-bond acceptors (Lipinski definition) is 2. The van der Waals surface area contributed by atoms with Gasteiger partial charge in [0.15, 0.2) is 0 Å². The van der Waals surface area contributed by atoms with Gasteiger partial charge >= 0.3 is 5.97 Å². The van der Waals surface area contributed by atoms with E-state index < -0.39 is 5.97 Å². The third-order valence-electron chi connectivity index (χ3n) is 3.66. The first kappa shape index (κ1) is 16.2. The molecule has 110 valence electrons. The van der Waals surface area contributed by atoms with Gasteiger partial charge in [0.2, 0.25) is 0 Å². The fourth-order valence-corrected chi connectivity index (χ4v) is 2.18. The van der Waals surface area contributed by atoms with Crippen LogP contribution in [0.3, 0.4) is 0 Å². The van der Waals surface area contributed by atoms with Crippen LogP contribution in [-0.2, 0) is 0 Å². The summed E-state index contributed by atoms with van der Waals surface area (Å²) >= 11 is 0. The molecule has 0 spiro atoms. The molecular formula is C16H23NO3. The second-order valence-corrected chi connectivity index (χ2v) is 4.91. The maximum atomic E-state index is 12.5. The highest BCUT2D eigenvalue weighted by atomic mass is 16.4. The number of carbonyl (C=O) groups excluding carboxylic acids is 1. The van der Waals surface area contributed by atoms with E-state index in [2.05, 4.69) is 13.8 Å². The molecule has 0 saturated carbocycles. The van der Waals surface area contributed by atoms with E-state index in [0.717, 1.165) is 19.4 Å². The number of rotatable bonds is 7. The quantitative estimate of drug-likeness (QED) is 0.832. The third-order valence-corrected chi connectivity index (χ3v) is 3.66. The van der Waals surface area contributed by atoms with Gasteiger partial charge in [-0.1, -0.05) is 32.8 Å². The Kier molecular flexibility index (Phi) is 6.22. The Bertz CT molecular complexity index is 467. The normalized spacial score (nSPS) is 10.6. The van der Waals surface area contributed by atoms with E-state index in [1.54, 1.807) is 17.0 Å². The SMILES string of the molecule is CCC(CC)CN(CC)C(=O)c1cccc(C(=O)O)c1. The second-order valence-electron chi connectivity index (χ2n) is 4.91. The molecule has 0 aromatic heterocycles. The molecule has 1 N–H and O–H groups in total. The van der Waals surface area contributed by atoms with E-state index in [1.807, 2.05) is 6.92 Å². The molecule has 0 atom stereocenters. The Morgan fingerprint density at radius 1 is 1.15 bits per heavy atom. The summed E-state index contributed by atoms with van der Waals surface area (Å²) in [7, 11) is 0. The predicted octanol–water partition coefficient (Wildman–Crippen LogP) is 3.28. The van der Waals surface area contributed by atoms with Crippen molar-refractivity contribution in [2.24, 2.45) is 5.92 Å². The van der Waals surface area contributed by atoms with Crippen LogP contribution in [0.25, 0.3) is 0 Å². The molecule has 0 unspecified atom stereocenters. The van der Waals surface area contributed by atoms with Crippen molar-refractivity contribution < 1.29 is 14.7 Å². The van der Waals surface area contributed by atoms with Gasteiger partial charge in [-0.25, -0.2) is 4.79 Å². The van der Waals surface area contributed by atoms with Gasteiger partial charge in [-0.3, -0.25) is 4.79 Å². The Morgan fingerprint density at radius 3 is 2.25 bits per heavy atom. The largest absolute Gasteiger partial charge is 0.478 e. The number of carboxylic acid groups (broad SMARTS) is 1. The van der Waals surface area contributed by atoms with E-state index in [9.17, 15) is 9.59 Å². The van der Waals surface area contributed by atoms with Crippen LogP contribution < -0.4 is 0 Å². The van der Waals surface area contributed by atoms with Gasteiger partial charge in [0.1, 0.15) is 0 Å². The van der Waals surface area contributed by atoms with E-state index in [0.29, 0.717) is 18.0 Å². The average Bonchev–Trinajstić information content (AvgIpc) is 2.48. The highest BCUT2D eigenvalue weighted by Gasteiger charge is 2.18. The monoisotopic (exact) mass is 277 g/mol. The zero-order valence-corrected chi connectivity index (χ0v) is 12.4. The van der Waals surface area contributed by atoms with Gasteiger partial charge in [0.05, 0.1) is 5.56 Å². The summed E-state index contributed by atoms with van der Waals surface area (Å²) in [5.74, 6) is -0.619. The van der Waals surface area contributed by atoms with Gasteiger partial charge in [-0.15, -0.1) is 0 Å². The van der Waals surface area contributed by atoms with Crippen LogP contribution in [0.5, 0.6) is 0 Å². The molecule has 0 heterocycles. The average molecular weight is 277 g/mol. The second kappa shape index (κ2) is 7.68. The van der Waals surface area contributed by atoms with Crippen LogP contribution in [-0.4, -0.2) is 35.0 Å². The van der Waals surface area contributed by atoms with Crippen LogP contribution >= 0.6 is 0 Å². The number of nitrogens with zero attached hydrogens (tertiary/aromatic N) is 1. The molecular weight excluding hydrogens is 254 g/mol. The van der Waals surface area contributed by atoms with Crippen molar-refractivity contribution in [1.29, 1.82) is 0 Å². The zero-order valence-electron chi connectivity index (χ0n) is 12.4. The fourth-order valence-electron chi connectivity index (χ4n) is 2.18. The minimum absolute atomic E-state index is 0.0949. The Hall–Kier alpha value is -1.84. The summed E-state index contributed by atoms with van der Waals surface area (Å²) in [6.07, 6.45) is 2.07. The number of amides is 1. The third kappa shape index (κ3) is 4.08. The number of carbonyl (C=O) groups is 2. The van der Waals surface area contributed by atoms with Gasteiger partial charge in [0.25, 0.3) is 5.91 Å². The predicted molar refractivity (Wildman–Crippen MR) is 79.1 cm³/mol. The summed E-state index contributed by atoms with van der Waals surface area (Å²) in [5.41, 5.74) is 0.590. The van der Waals surface area contributed by atoms with Gasteiger partial charge < -0.3 is 10.0 Å². The van der Waals surface area contributed by atoms with Crippen molar-refractivity contribution in [2.45, 2.75) is 33.6 Å². The molecule has 20 heavy (non-hydrogen) atoms. The molecule has 0 aliphatic rings. The van der Waals surface area contributed by atoms with E-state index in [4.69, 9.17) is 5.11 Å². The van der Waals surface area contributed by atoms with Gasteiger partial charge in [0, 0.05) is 18.7 Å². The molecule has 0 aliphatic carbocycles. The van der Waals surface area contributed by atoms with Crippen LogP contribution in [0, 0.1) is 5.92 Å². The number of hydrogen-bond donors (Lipinski definition) is 1. The molecule has 1 amide bonds. The maximum absolute atomic E-state index is 12.5. The van der Waals surface area contributed by atoms with Gasteiger partial charge in [-0.05, 0) is 31.0 Å². The first-order valence-corrected chi connectivity index (χ1v) is 7.16. The molecule has 0 saturated heterocycles. The Labute approximate surface area is 120 Å². The fraction of sp³-hybridized carbons (Fsp3) is 0.500. The molecule has 0 radical (unpaired) electrons. The van der Waals surface area contributed by atoms with E-state index in [1.165, 1.54) is 12.1 Å². The molecule has 1 aromatic rings.